The van der Waals surface area contributed by atoms with Gasteiger partial charge in [-0.05, 0) is 11.4 Å². The van der Waals surface area contributed by atoms with E-state index in [1.807, 2.05) is 32.9 Å². The van der Waals surface area contributed by atoms with Crippen LogP contribution in [0.25, 0.3) is 0 Å². The standard InChI is InChI=1S/C7H10S3/c1-2-9-10-6-7-4-3-5-8-7/h3-5H,2,6H2,1H3. The van der Waals surface area contributed by atoms with Gasteiger partial charge in [-0.3, -0.25) is 0 Å². The molecule has 10 heavy (non-hydrogen) atoms. The molecule has 3 heteroatoms. The Morgan fingerprint density at radius 1 is 1.50 bits per heavy atom. The first kappa shape index (κ1) is 8.50. The normalized spacial score (nSPS) is 10.1. The van der Waals surface area contributed by atoms with Crippen LogP contribution in [-0.4, -0.2) is 5.75 Å². The van der Waals surface area contributed by atoms with Gasteiger partial charge in [0.15, 0.2) is 0 Å². The molecule has 56 valence electrons. The van der Waals surface area contributed by atoms with E-state index in [0.29, 0.717) is 0 Å². The fourth-order valence-electron chi connectivity index (χ4n) is 0.578. The third-order valence-electron chi connectivity index (χ3n) is 0.982. The highest BCUT2D eigenvalue weighted by molar-refractivity contribution is 8.76. The Labute approximate surface area is 73.8 Å². The highest BCUT2D eigenvalue weighted by Crippen LogP contribution is 2.26. The lowest BCUT2D eigenvalue weighted by Crippen LogP contribution is -1.67. The van der Waals surface area contributed by atoms with E-state index in [2.05, 4.69) is 24.4 Å². The topological polar surface area (TPSA) is 0 Å². The molecule has 0 nitrogen and oxygen atoms in total. The summed E-state index contributed by atoms with van der Waals surface area (Å²) in [5.41, 5.74) is 0. The molecular formula is C7H10S3. The second kappa shape index (κ2) is 5.10. The van der Waals surface area contributed by atoms with Crippen LogP contribution in [0.5, 0.6) is 0 Å². The van der Waals surface area contributed by atoms with Gasteiger partial charge in [-0.25, -0.2) is 0 Å². The molecule has 0 aromatic carbocycles. The molecule has 0 bridgehead atoms. The number of hydrogen-bond donors (Lipinski definition) is 0. The van der Waals surface area contributed by atoms with Gasteiger partial charge in [0.1, 0.15) is 0 Å². The van der Waals surface area contributed by atoms with Crippen LogP contribution in [0.2, 0.25) is 0 Å². The van der Waals surface area contributed by atoms with Crippen molar-refractivity contribution in [1.29, 1.82) is 0 Å². The van der Waals surface area contributed by atoms with Crippen molar-refractivity contribution in [3.05, 3.63) is 22.4 Å². The third kappa shape index (κ3) is 2.99. The van der Waals surface area contributed by atoms with E-state index in [4.69, 9.17) is 0 Å². The van der Waals surface area contributed by atoms with Gasteiger partial charge in [-0.1, -0.05) is 34.6 Å². The van der Waals surface area contributed by atoms with E-state index in [-0.39, 0.29) is 0 Å². The van der Waals surface area contributed by atoms with Crippen molar-refractivity contribution in [1.82, 2.24) is 0 Å². The summed E-state index contributed by atoms with van der Waals surface area (Å²) in [6.07, 6.45) is 0. The Balaban J connectivity index is 2.15. The minimum atomic E-state index is 1.16. The van der Waals surface area contributed by atoms with Crippen molar-refractivity contribution in [2.45, 2.75) is 12.7 Å². The van der Waals surface area contributed by atoms with Crippen molar-refractivity contribution >= 4 is 32.9 Å². The lowest BCUT2D eigenvalue weighted by atomic mass is 10.5. The van der Waals surface area contributed by atoms with Gasteiger partial charge < -0.3 is 0 Å². The minimum absolute atomic E-state index is 1.16. The predicted octanol–water partition coefficient (Wildman–Crippen LogP) is 3.65. The zero-order valence-electron chi connectivity index (χ0n) is 5.87. The molecule has 0 aliphatic heterocycles. The van der Waals surface area contributed by atoms with Crippen molar-refractivity contribution in [3.63, 3.8) is 0 Å². The molecular weight excluding hydrogens is 180 g/mol. The van der Waals surface area contributed by atoms with Crippen LogP contribution >= 0.6 is 32.9 Å². The first-order valence-corrected chi connectivity index (χ1v) is 6.57. The molecule has 0 N–H and O–H groups in total. The summed E-state index contributed by atoms with van der Waals surface area (Å²) in [4.78, 5) is 1.48. The van der Waals surface area contributed by atoms with Gasteiger partial charge in [-0.2, -0.15) is 0 Å². The molecule has 1 aromatic heterocycles. The largest absolute Gasteiger partial charge is 0.148 e. The minimum Gasteiger partial charge on any atom is -0.148 e. The summed E-state index contributed by atoms with van der Waals surface area (Å²) < 4.78 is 0. The molecule has 1 heterocycles. The van der Waals surface area contributed by atoms with Crippen LogP contribution in [0.4, 0.5) is 0 Å². The molecule has 0 atom stereocenters. The molecule has 1 aromatic rings. The molecule has 0 saturated heterocycles. The Morgan fingerprint density at radius 3 is 3.00 bits per heavy atom. The van der Waals surface area contributed by atoms with Gasteiger partial charge in [0.25, 0.3) is 0 Å². The Bertz CT molecular complexity index is 157. The van der Waals surface area contributed by atoms with E-state index in [0.717, 1.165) is 5.75 Å². The fraction of sp³-hybridized carbons (Fsp3) is 0.429. The first-order chi connectivity index (χ1) is 4.93. The van der Waals surface area contributed by atoms with Crippen molar-refractivity contribution < 1.29 is 0 Å². The number of thiophene rings is 1. The molecule has 0 radical (unpaired) electrons. The van der Waals surface area contributed by atoms with Gasteiger partial charge in [0.2, 0.25) is 0 Å². The van der Waals surface area contributed by atoms with Crippen LogP contribution in [0.3, 0.4) is 0 Å². The van der Waals surface area contributed by atoms with E-state index >= 15 is 0 Å². The van der Waals surface area contributed by atoms with Crippen LogP contribution in [0.15, 0.2) is 17.5 Å². The maximum Gasteiger partial charge on any atom is 0.0383 e. The highest BCUT2D eigenvalue weighted by Gasteiger charge is 1.91. The zero-order chi connectivity index (χ0) is 7.23. The zero-order valence-corrected chi connectivity index (χ0v) is 8.32. The number of rotatable bonds is 4. The van der Waals surface area contributed by atoms with Crippen LogP contribution < -0.4 is 0 Å². The quantitative estimate of drug-likeness (QED) is 0.525. The molecule has 0 fully saturated rings. The van der Waals surface area contributed by atoms with Crippen LogP contribution in [-0.2, 0) is 5.75 Å². The van der Waals surface area contributed by atoms with Crippen molar-refractivity contribution in [3.8, 4) is 0 Å². The average molecular weight is 190 g/mol. The molecule has 0 spiro atoms. The Kier molecular flexibility index (Phi) is 4.34. The summed E-state index contributed by atoms with van der Waals surface area (Å²) in [7, 11) is 3.87. The van der Waals surface area contributed by atoms with Crippen molar-refractivity contribution in [2.75, 3.05) is 5.75 Å². The van der Waals surface area contributed by atoms with E-state index < -0.39 is 0 Å². The molecule has 0 aliphatic rings. The molecule has 0 unspecified atom stereocenters. The lowest BCUT2D eigenvalue weighted by molar-refractivity contribution is 1.54. The second-order valence-electron chi connectivity index (χ2n) is 1.75. The SMILES string of the molecule is CCSSCc1cccs1. The summed E-state index contributed by atoms with van der Waals surface area (Å²) in [6.45, 7) is 2.19. The van der Waals surface area contributed by atoms with E-state index in [9.17, 15) is 0 Å². The van der Waals surface area contributed by atoms with Gasteiger partial charge >= 0.3 is 0 Å². The summed E-state index contributed by atoms with van der Waals surface area (Å²) >= 11 is 1.84. The average Bonchev–Trinajstić information content (AvgIpc) is 2.41. The third-order valence-corrected chi connectivity index (χ3v) is 4.43. The predicted molar refractivity (Wildman–Crippen MR) is 53.7 cm³/mol. The summed E-state index contributed by atoms with van der Waals surface area (Å²) in [5.74, 6) is 2.37. The first-order valence-electron chi connectivity index (χ1n) is 3.20. The molecule has 0 aliphatic carbocycles. The number of hydrogen-bond acceptors (Lipinski definition) is 3. The lowest BCUT2D eigenvalue weighted by Gasteiger charge is -1.93. The van der Waals surface area contributed by atoms with Gasteiger partial charge in [0.05, 0.1) is 0 Å². The fourth-order valence-corrected chi connectivity index (χ4v) is 3.33. The van der Waals surface area contributed by atoms with Crippen LogP contribution in [0, 0.1) is 0 Å². The maximum atomic E-state index is 2.19. The monoisotopic (exact) mass is 190 g/mol. The van der Waals surface area contributed by atoms with Gasteiger partial charge in [-0.15, -0.1) is 11.3 Å². The maximum absolute atomic E-state index is 2.19. The molecule has 1 rings (SSSR count). The summed E-state index contributed by atoms with van der Waals surface area (Å²) in [5, 5.41) is 2.13. The smallest absolute Gasteiger partial charge is 0.0383 e. The summed E-state index contributed by atoms with van der Waals surface area (Å²) in [6, 6.07) is 4.30. The Hall–Kier alpha value is 0.400. The molecule has 0 amide bonds. The Morgan fingerprint density at radius 2 is 2.40 bits per heavy atom. The highest BCUT2D eigenvalue weighted by atomic mass is 33.1. The van der Waals surface area contributed by atoms with Crippen molar-refractivity contribution in [2.24, 2.45) is 0 Å². The van der Waals surface area contributed by atoms with E-state index in [1.165, 1.54) is 10.6 Å². The molecule has 0 saturated carbocycles. The van der Waals surface area contributed by atoms with E-state index in [1.54, 1.807) is 0 Å². The van der Waals surface area contributed by atoms with Crippen LogP contribution in [0.1, 0.15) is 11.8 Å². The second-order valence-corrected chi connectivity index (χ2v) is 5.53. The van der Waals surface area contributed by atoms with Gasteiger partial charge in [0, 0.05) is 16.4 Å².